The monoisotopic (exact) mass is 389 g/mol. The molecular weight excluding hydrogens is 358 g/mol. The predicted octanol–water partition coefficient (Wildman–Crippen LogP) is 2.84. The summed E-state index contributed by atoms with van der Waals surface area (Å²) in [7, 11) is 0. The van der Waals surface area contributed by atoms with E-state index in [4.69, 9.17) is 15.2 Å². The largest absolute Gasteiger partial charge is 0.445 e. The summed E-state index contributed by atoms with van der Waals surface area (Å²) < 4.78 is 10.9. The molecule has 1 aromatic carbocycles. The molecule has 2 fully saturated rings. The Hall–Kier alpha value is -2.28. The van der Waals surface area contributed by atoms with Gasteiger partial charge < -0.3 is 25.0 Å². The lowest BCUT2D eigenvalue weighted by atomic mass is 9.65. The average molecular weight is 389 g/mol. The Bertz CT molecular complexity index is 695. The molecule has 0 radical (unpaired) electrons. The summed E-state index contributed by atoms with van der Waals surface area (Å²) in [6.45, 7) is 8.78. The van der Waals surface area contributed by atoms with Gasteiger partial charge in [-0.05, 0) is 45.2 Å². The molecule has 154 valence electrons. The fraction of sp³-hybridized carbons (Fsp3) is 0.619. The number of benzene rings is 1. The van der Waals surface area contributed by atoms with E-state index in [-0.39, 0.29) is 30.1 Å². The Kier molecular flexibility index (Phi) is 5.84. The Balaban J connectivity index is 1.51. The van der Waals surface area contributed by atoms with Gasteiger partial charge in [-0.15, -0.1) is 0 Å². The van der Waals surface area contributed by atoms with Crippen LogP contribution >= 0.6 is 0 Å². The number of likely N-dealkylation sites (tertiary alicyclic amines) is 2. The first-order valence-corrected chi connectivity index (χ1v) is 9.86. The maximum atomic E-state index is 12.5. The van der Waals surface area contributed by atoms with Crippen molar-refractivity contribution in [3.05, 3.63) is 35.9 Å². The molecule has 7 nitrogen and oxygen atoms in total. The summed E-state index contributed by atoms with van der Waals surface area (Å²) >= 11 is 0. The van der Waals surface area contributed by atoms with Gasteiger partial charge in [0.2, 0.25) is 0 Å². The molecule has 2 amide bonds. The van der Waals surface area contributed by atoms with Gasteiger partial charge in [-0.25, -0.2) is 9.59 Å². The molecule has 2 heterocycles. The van der Waals surface area contributed by atoms with Crippen LogP contribution in [0.4, 0.5) is 9.59 Å². The Morgan fingerprint density at radius 3 is 2.43 bits per heavy atom. The number of carbonyl (C=O) groups excluding carboxylic acids is 2. The zero-order valence-electron chi connectivity index (χ0n) is 17.0. The van der Waals surface area contributed by atoms with Crippen molar-refractivity contribution in [2.75, 3.05) is 32.7 Å². The second kappa shape index (κ2) is 7.99. The molecule has 3 rings (SSSR count). The lowest BCUT2D eigenvalue weighted by Gasteiger charge is -2.57. The summed E-state index contributed by atoms with van der Waals surface area (Å²) in [6, 6.07) is 9.64. The lowest BCUT2D eigenvalue weighted by molar-refractivity contribution is -0.0877. The quantitative estimate of drug-likeness (QED) is 0.859. The summed E-state index contributed by atoms with van der Waals surface area (Å²) in [5.41, 5.74) is 6.46. The van der Waals surface area contributed by atoms with Gasteiger partial charge in [0, 0.05) is 31.6 Å². The van der Waals surface area contributed by atoms with Gasteiger partial charge >= 0.3 is 12.2 Å². The van der Waals surface area contributed by atoms with Crippen molar-refractivity contribution in [1.82, 2.24) is 9.80 Å². The van der Waals surface area contributed by atoms with Crippen LogP contribution in [0.1, 0.15) is 32.8 Å². The fourth-order valence-electron chi connectivity index (χ4n) is 4.00. The Morgan fingerprint density at radius 2 is 1.82 bits per heavy atom. The molecule has 0 saturated carbocycles. The first-order chi connectivity index (χ1) is 13.2. The van der Waals surface area contributed by atoms with Crippen LogP contribution in [-0.4, -0.2) is 60.3 Å². The standard InChI is InChI=1S/C21H31N3O4/c1-20(2,3)28-19(26)24-14-21(15-24)9-10-23(12-17(21)11-22)18(25)27-13-16-7-5-4-6-8-16/h4-8,17H,9-15,22H2,1-3H3. The molecule has 0 aliphatic carbocycles. The lowest BCUT2D eigenvalue weighted by Crippen LogP contribution is -2.67. The van der Waals surface area contributed by atoms with Gasteiger partial charge in [0.25, 0.3) is 0 Å². The smallest absolute Gasteiger partial charge is 0.410 e. The number of nitrogens with zero attached hydrogens (tertiary/aromatic N) is 2. The summed E-state index contributed by atoms with van der Waals surface area (Å²) in [5.74, 6) is 0.143. The number of amides is 2. The third kappa shape index (κ3) is 4.58. The van der Waals surface area contributed by atoms with E-state index >= 15 is 0 Å². The predicted molar refractivity (Wildman–Crippen MR) is 106 cm³/mol. The highest BCUT2D eigenvalue weighted by molar-refractivity contribution is 5.70. The number of hydrogen-bond acceptors (Lipinski definition) is 5. The number of piperidine rings is 1. The van der Waals surface area contributed by atoms with Gasteiger partial charge in [0.1, 0.15) is 12.2 Å². The highest BCUT2D eigenvalue weighted by Crippen LogP contribution is 2.44. The molecule has 2 N–H and O–H groups in total. The zero-order valence-corrected chi connectivity index (χ0v) is 17.0. The maximum absolute atomic E-state index is 12.5. The molecule has 1 atom stereocenters. The van der Waals surface area contributed by atoms with Crippen molar-refractivity contribution in [1.29, 1.82) is 0 Å². The Morgan fingerprint density at radius 1 is 1.14 bits per heavy atom. The number of hydrogen-bond donors (Lipinski definition) is 1. The van der Waals surface area contributed by atoms with E-state index in [0.717, 1.165) is 12.0 Å². The second-order valence-electron chi connectivity index (χ2n) is 8.87. The molecule has 28 heavy (non-hydrogen) atoms. The highest BCUT2D eigenvalue weighted by Gasteiger charge is 2.53. The molecule has 2 aliphatic heterocycles. The minimum Gasteiger partial charge on any atom is -0.445 e. The van der Waals surface area contributed by atoms with Crippen molar-refractivity contribution in [2.45, 2.75) is 39.4 Å². The van der Waals surface area contributed by atoms with Crippen molar-refractivity contribution >= 4 is 12.2 Å². The molecule has 2 aliphatic rings. The van der Waals surface area contributed by atoms with E-state index in [1.807, 2.05) is 51.1 Å². The van der Waals surface area contributed by atoms with E-state index < -0.39 is 5.60 Å². The van der Waals surface area contributed by atoms with Crippen LogP contribution in [-0.2, 0) is 16.1 Å². The molecule has 0 aromatic heterocycles. The SMILES string of the molecule is CC(C)(C)OC(=O)N1CC2(CCN(C(=O)OCc3ccccc3)CC2CN)C1. The van der Waals surface area contributed by atoms with Crippen molar-refractivity contribution in [2.24, 2.45) is 17.1 Å². The first-order valence-electron chi connectivity index (χ1n) is 9.86. The van der Waals surface area contributed by atoms with E-state index in [0.29, 0.717) is 32.7 Å². The normalized spacial score (nSPS) is 21.2. The minimum absolute atomic E-state index is 0.0259. The average Bonchev–Trinajstić information content (AvgIpc) is 2.63. The topological polar surface area (TPSA) is 85.1 Å². The highest BCUT2D eigenvalue weighted by atomic mass is 16.6. The third-order valence-corrected chi connectivity index (χ3v) is 5.60. The van der Waals surface area contributed by atoms with Gasteiger partial charge in [-0.3, -0.25) is 0 Å². The third-order valence-electron chi connectivity index (χ3n) is 5.60. The fourth-order valence-corrected chi connectivity index (χ4v) is 4.00. The van der Waals surface area contributed by atoms with Gasteiger partial charge in [-0.2, -0.15) is 0 Å². The minimum atomic E-state index is -0.501. The molecule has 2 saturated heterocycles. The van der Waals surface area contributed by atoms with E-state index in [1.165, 1.54) is 0 Å². The maximum Gasteiger partial charge on any atom is 0.410 e. The first kappa shape index (κ1) is 20.5. The van der Waals surface area contributed by atoms with E-state index in [2.05, 4.69) is 0 Å². The Labute approximate surface area is 166 Å². The summed E-state index contributed by atoms with van der Waals surface area (Å²) in [5, 5.41) is 0. The second-order valence-corrected chi connectivity index (χ2v) is 8.87. The summed E-state index contributed by atoms with van der Waals surface area (Å²) in [4.78, 5) is 28.2. The van der Waals surface area contributed by atoms with Crippen molar-refractivity contribution < 1.29 is 19.1 Å². The molecular formula is C21H31N3O4. The zero-order chi connectivity index (χ0) is 20.4. The van der Waals surface area contributed by atoms with Gasteiger partial charge in [-0.1, -0.05) is 30.3 Å². The number of carbonyl (C=O) groups is 2. The molecule has 1 aromatic rings. The molecule has 1 unspecified atom stereocenters. The van der Waals surface area contributed by atoms with Crippen LogP contribution < -0.4 is 5.73 Å². The van der Waals surface area contributed by atoms with Crippen LogP contribution in [0.15, 0.2) is 30.3 Å². The van der Waals surface area contributed by atoms with Crippen LogP contribution in [0.3, 0.4) is 0 Å². The number of ether oxygens (including phenoxy) is 2. The van der Waals surface area contributed by atoms with E-state index in [1.54, 1.807) is 9.80 Å². The van der Waals surface area contributed by atoms with Crippen LogP contribution in [0.25, 0.3) is 0 Å². The van der Waals surface area contributed by atoms with Crippen LogP contribution in [0, 0.1) is 11.3 Å². The number of nitrogens with two attached hydrogens (primary N) is 1. The molecule has 7 heteroatoms. The van der Waals surface area contributed by atoms with Gasteiger partial charge in [0.15, 0.2) is 0 Å². The summed E-state index contributed by atoms with van der Waals surface area (Å²) in [6.07, 6.45) is 0.230. The van der Waals surface area contributed by atoms with Crippen LogP contribution in [0.5, 0.6) is 0 Å². The van der Waals surface area contributed by atoms with Crippen molar-refractivity contribution in [3.8, 4) is 0 Å². The number of rotatable bonds is 3. The van der Waals surface area contributed by atoms with Crippen LogP contribution in [0.2, 0.25) is 0 Å². The van der Waals surface area contributed by atoms with E-state index in [9.17, 15) is 9.59 Å². The van der Waals surface area contributed by atoms with Crippen molar-refractivity contribution in [3.63, 3.8) is 0 Å². The molecule has 1 spiro atoms. The van der Waals surface area contributed by atoms with Gasteiger partial charge in [0.05, 0.1) is 0 Å². The molecule has 0 bridgehead atoms.